The molecule has 2 heterocycles. The molecule has 0 unspecified atom stereocenters. The van der Waals surface area contributed by atoms with Gasteiger partial charge in [-0.1, -0.05) is 5.21 Å². The second-order valence-corrected chi connectivity index (χ2v) is 4.40. The van der Waals surface area contributed by atoms with Gasteiger partial charge in [0.15, 0.2) is 5.65 Å². The van der Waals surface area contributed by atoms with Gasteiger partial charge in [0, 0.05) is 5.69 Å². The number of halogens is 1. The number of nitrogens with zero attached hydrogens (tertiary/aromatic N) is 4. The molecule has 74 valence electrons. The molecular weight excluding hydrogens is 244 g/mol. The van der Waals surface area contributed by atoms with Gasteiger partial charge < -0.3 is 0 Å². The first-order valence-electron chi connectivity index (χ1n) is 4.47. The molecule has 2 aromatic heterocycles. The lowest BCUT2D eigenvalue weighted by Crippen LogP contribution is -2.04. The van der Waals surface area contributed by atoms with Crippen molar-refractivity contribution in [3.63, 3.8) is 0 Å². The standard InChI is InChI=1S/C9H11BrN4/c1-5(2)14-9-8(12-13-14)7(10)4-6(3)11-9/h4-5H,1-3H3. The molecule has 0 aliphatic heterocycles. The van der Waals surface area contributed by atoms with Crippen molar-refractivity contribution in [2.75, 3.05) is 0 Å². The molecule has 0 saturated carbocycles. The Kier molecular flexibility index (Phi) is 2.26. The molecule has 0 bridgehead atoms. The predicted octanol–water partition coefficient (Wildman–Crippen LogP) is 2.48. The SMILES string of the molecule is Cc1cc(Br)c2nnn(C(C)C)c2n1. The maximum atomic E-state index is 4.43. The number of hydrogen-bond acceptors (Lipinski definition) is 3. The second kappa shape index (κ2) is 3.31. The van der Waals surface area contributed by atoms with Gasteiger partial charge in [0.2, 0.25) is 0 Å². The fourth-order valence-electron chi connectivity index (χ4n) is 1.35. The van der Waals surface area contributed by atoms with Crippen molar-refractivity contribution in [1.29, 1.82) is 0 Å². The quantitative estimate of drug-likeness (QED) is 0.786. The van der Waals surface area contributed by atoms with E-state index in [0.29, 0.717) is 0 Å². The lowest BCUT2D eigenvalue weighted by Gasteiger charge is -2.04. The van der Waals surface area contributed by atoms with Gasteiger partial charge in [0.1, 0.15) is 5.52 Å². The Morgan fingerprint density at radius 1 is 1.43 bits per heavy atom. The van der Waals surface area contributed by atoms with E-state index in [1.54, 1.807) is 0 Å². The summed E-state index contributed by atoms with van der Waals surface area (Å²) in [6.07, 6.45) is 0. The molecule has 0 aliphatic rings. The highest BCUT2D eigenvalue weighted by molar-refractivity contribution is 9.10. The Balaban J connectivity index is 2.78. The third kappa shape index (κ3) is 1.41. The second-order valence-electron chi connectivity index (χ2n) is 3.55. The van der Waals surface area contributed by atoms with Crippen LogP contribution >= 0.6 is 15.9 Å². The number of aryl methyl sites for hydroxylation is 1. The Labute approximate surface area is 90.5 Å². The summed E-state index contributed by atoms with van der Waals surface area (Å²) in [5.74, 6) is 0. The lowest BCUT2D eigenvalue weighted by molar-refractivity contribution is 0.526. The largest absolute Gasteiger partial charge is 0.232 e. The van der Waals surface area contributed by atoms with Gasteiger partial charge in [-0.2, -0.15) is 0 Å². The summed E-state index contributed by atoms with van der Waals surface area (Å²) < 4.78 is 2.78. The van der Waals surface area contributed by atoms with Crippen molar-refractivity contribution in [2.45, 2.75) is 26.8 Å². The summed E-state index contributed by atoms with van der Waals surface area (Å²) in [4.78, 5) is 4.43. The Hall–Kier alpha value is -0.970. The fourth-order valence-corrected chi connectivity index (χ4v) is 1.93. The molecule has 0 aliphatic carbocycles. The lowest BCUT2D eigenvalue weighted by atomic mass is 10.3. The zero-order valence-corrected chi connectivity index (χ0v) is 9.91. The van der Waals surface area contributed by atoms with Crippen LogP contribution in [0.1, 0.15) is 25.6 Å². The maximum Gasteiger partial charge on any atom is 0.180 e. The molecule has 0 N–H and O–H groups in total. The van der Waals surface area contributed by atoms with Crippen LogP contribution in [-0.4, -0.2) is 20.0 Å². The summed E-state index contributed by atoms with van der Waals surface area (Å²) in [6, 6.07) is 2.22. The molecule has 2 aromatic rings. The van der Waals surface area contributed by atoms with E-state index < -0.39 is 0 Å². The molecule has 0 spiro atoms. The van der Waals surface area contributed by atoms with Crippen LogP contribution in [0, 0.1) is 6.92 Å². The Morgan fingerprint density at radius 3 is 2.79 bits per heavy atom. The van der Waals surface area contributed by atoms with Crippen molar-refractivity contribution in [3.8, 4) is 0 Å². The molecule has 0 amide bonds. The summed E-state index contributed by atoms with van der Waals surface area (Å²) in [6.45, 7) is 6.08. The summed E-state index contributed by atoms with van der Waals surface area (Å²) in [5.41, 5.74) is 2.63. The zero-order valence-electron chi connectivity index (χ0n) is 8.32. The molecule has 0 fully saturated rings. The topological polar surface area (TPSA) is 43.6 Å². The van der Waals surface area contributed by atoms with Crippen molar-refractivity contribution < 1.29 is 0 Å². The monoisotopic (exact) mass is 254 g/mol. The van der Waals surface area contributed by atoms with Gasteiger partial charge in [0.05, 0.1) is 10.5 Å². The van der Waals surface area contributed by atoms with E-state index in [1.807, 2.05) is 17.7 Å². The van der Waals surface area contributed by atoms with Crippen LogP contribution in [0.15, 0.2) is 10.5 Å². The first-order valence-corrected chi connectivity index (χ1v) is 5.27. The number of hydrogen-bond donors (Lipinski definition) is 0. The van der Waals surface area contributed by atoms with E-state index >= 15 is 0 Å². The maximum absolute atomic E-state index is 4.43. The van der Waals surface area contributed by atoms with Gasteiger partial charge in [-0.3, -0.25) is 0 Å². The van der Waals surface area contributed by atoms with Crippen molar-refractivity contribution in [2.24, 2.45) is 0 Å². The molecular formula is C9H11BrN4. The van der Waals surface area contributed by atoms with E-state index in [1.165, 1.54) is 0 Å². The highest BCUT2D eigenvalue weighted by Crippen LogP contribution is 2.22. The zero-order chi connectivity index (χ0) is 10.3. The molecule has 4 nitrogen and oxygen atoms in total. The minimum absolute atomic E-state index is 0.279. The third-order valence-corrected chi connectivity index (χ3v) is 2.61. The van der Waals surface area contributed by atoms with Gasteiger partial charge in [-0.05, 0) is 42.8 Å². The fraction of sp³-hybridized carbons (Fsp3) is 0.444. The Morgan fingerprint density at radius 2 is 2.14 bits per heavy atom. The van der Waals surface area contributed by atoms with Crippen molar-refractivity contribution >= 4 is 27.1 Å². The number of rotatable bonds is 1. The molecule has 0 saturated heterocycles. The van der Waals surface area contributed by atoms with Crippen LogP contribution in [0.25, 0.3) is 11.2 Å². The minimum Gasteiger partial charge on any atom is -0.232 e. The molecule has 0 atom stereocenters. The molecule has 5 heteroatoms. The smallest absolute Gasteiger partial charge is 0.180 e. The number of aromatic nitrogens is 4. The van der Waals surface area contributed by atoms with E-state index in [-0.39, 0.29) is 6.04 Å². The summed E-state index contributed by atoms with van der Waals surface area (Å²) in [7, 11) is 0. The van der Waals surface area contributed by atoms with Crippen LogP contribution in [-0.2, 0) is 0 Å². The van der Waals surface area contributed by atoms with Crippen LogP contribution in [0.2, 0.25) is 0 Å². The number of pyridine rings is 1. The first-order chi connectivity index (χ1) is 6.59. The highest BCUT2D eigenvalue weighted by Gasteiger charge is 2.11. The predicted molar refractivity (Wildman–Crippen MR) is 58.1 cm³/mol. The average Bonchev–Trinajstić information content (AvgIpc) is 2.47. The van der Waals surface area contributed by atoms with Gasteiger partial charge >= 0.3 is 0 Å². The summed E-state index contributed by atoms with van der Waals surface area (Å²) >= 11 is 3.45. The van der Waals surface area contributed by atoms with Crippen LogP contribution in [0.3, 0.4) is 0 Å². The highest BCUT2D eigenvalue weighted by atomic mass is 79.9. The molecule has 2 rings (SSSR count). The minimum atomic E-state index is 0.279. The number of fused-ring (bicyclic) bond motifs is 1. The Bertz CT molecular complexity index is 475. The molecule has 14 heavy (non-hydrogen) atoms. The normalized spacial score (nSPS) is 11.5. The van der Waals surface area contributed by atoms with Crippen LogP contribution in [0.5, 0.6) is 0 Å². The van der Waals surface area contributed by atoms with Crippen LogP contribution < -0.4 is 0 Å². The summed E-state index contributed by atoms with van der Waals surface area (Å²) in [5, 5.41) is 8.16. The van der Waals surface area contributed by atoms with E-state index in [2.05, 4.69) is 45.1 Å². The van der Waals surface area contributed by atoms with Gasteiger partial charge in [-0.25, -0.2) is 9.67 Å². The average molecular weight is 255 g/mol. The van der Waals surface area contributed by atoms with Crippen molar-refractivity contribution in [3.05, 3.63) is 16.2 Å². The first kappa shape index (κ1) is 9.58. The van der Waals surface area contributed by atoms with E-state index in [0.717, 1.165) is 21.3 Å². The molecule has 0 aromatic carbocycles. The molecule has 0 radical (unpaired) electrons. The van der Waals surface area contributed by atoms with E-state index in [9.17, 15) is 0 Å². The third-order valence-electron chi connectivity index (χ3n) is 2.00. The van der Waals surface area contributed by atoms with E-state index in [4.69, 9.17) is 0 Å². The van der Waals surface area contributed by atoms with Crippen LogP contribution in [0.4, 0.5) is 0 Å². The van der Waals surface area contributed by atoms with Gasteiger partial charge in [0.25, 0.3) is 0 Å². The van der Waals surface area contributed by atoms with Gasteiger partial charge in [-0.15, -0.1) is 5.10 Å². The van der Waals surface area contributed by atoms with Crippen molar-refractivity contribution in [1.82, 2.24) is 20.0 Å².